The van der Waals surface area contributed by atoms with Crippen LogP contribution in [0.5, 0.6) is 5.75 Å². The van der Waals surface area contributed by atoms with E-state index in [0.29, 0.717) is 0 Å². The maximum absolute atomic E-state index is 10.7. The SMILES string of the molecule is Cl.O=C(O)c1ccc2ccc(O)cc2c1. The zero-order valence-corrected chi connectivity index (χ0v) is 8.49. The average molecular weight is 225 g/mol. The standard InChI is InChI=1S/C11H8O3.ClH/c12-10-4-3-7-1-2-8(11(13)14)5-9(7)6-10;/h1-6,12H,(H,13,14);1H. The van der Waals surface area contributed by atoms with Crippen LogP contribution >= 0.6 is 12.4 Å². The van der Waals surface area contributed by atoms with Crippen molar-refractivity contribution in [2.45, 2.75) is 0 Å². The Labute approximate surface area is 92.4 Å². The highest BCUT2D eigenvalue weighted by molar-refractivity contribution is 5.94. The van der Waals surface area contributed by atoms with E-state index in [9.17, 15) is 9.90 Å². The molecular weight excluding hydrogens is 216 g/mol. The number of rotatable bonds is 1. The molecule has 0 heterocycles. The first kappa shape index (κ1) is 11.3. The van der Waals surface area contributed by atoms with Crippen LogP contribution in [0, 0.1) is 0 Å². The molecule has 0 aliphatic carbocycles. The summed E-state index contributed by atoms with van der Waals surface area (Å²) < 4.78 is 0. The number of carboxylic acids is 1. The Bertz CT molecular complexity index is 508. The molecule has 2 rings (SSSR count). The van der Waals surface area contributed by atoms with Crippen molar-refractivity contribution in [1.82, 2.24) is 0 Å². The lowest BCUT2D eigenvalue weighted by molar-refractivity contribution is 0.0697. The van der Waals surface area contributed by atoms with Crippen LogP contribution in [0.4, 0.5) is 0 Å². The molecule has 4 heteroatoms. The topological polar surface area (TPSA) is 57.5 Å². The molecule has 0 aliphatic heterocycles. The lowest BCUT2D eigenvalue weighted by Crippen LogP contribution is -1.94. The second-order valence-corrected chi connectivity index (χ2v) is 3.05. The summed E-state index contributed by atoms with van der Waals surface area (Å²) in [5, 5.41) is 19.6. The van der Waals surface area contributed by atoms with Gasteiger partial charge in [-0.1, -0.05) is 12.1 Å². The Hall–Kier alpha value is -1.74. The van der Waals surface area contributed by atoms with Crippen LogP contribution in [0.25, 0.3) is 10.8 Å². The van der Waals surface area contributed by atoms with Gasteiger partial charge in [0, 0.05) is 0 Å². The monoisotopic (exact) mass is 224 g/mol. The fourth-order valence-electron chi connectivity index (χ4n) is 1.37. The molecule has 0 radical (unpaired) electrons. The lowest BCUT2D eigenvalue weighted by Gasteiger charge is -2.00. The third-order valence-electron chi connectivity index (χ3n) is 2.07. The highest BCUT2D eigenvalue weighted by Crippen LogP contribution is 2.20. The summed E-state index contributed by atoms with van der Waals surface area (Å²) in [5.74, 6) is -0.824. The molecule has 0 saturated heterocycles. The Morgan fingerprint density at radius 2 is 1.67 bits per heavy atom. The first-order chi connectivity index (χ1) is 6.66. The summed E-state index contributed by atoms with van der Waals surface area (Å²) in [7, 11) is 0. The van der Waals surface area contributed by atoms with E-state index in [-0.39, 0.29) is 23.7 Å². The van der Waals surface area contributed by atoms with Crippen molar-refractivity contribution in [1.29, 1.82) is 0 Å². The van der Waals surface area contributed by atoms with Gasteiger partial charge in [0.1, 0.15) is 5.75 Å². The minimum atomic E-state index is -0.963. The number of phenols is 1. The van der Waals surface area contributed by atoms with E-state index in [0.717, 1.165) is 10.8 Å². The molecule has 0 atom stereocenters. The van der Waals surface area contributed by atoms with E-state index >= 15 is 0 Å². The van der Waals surface area contributed by atoms with Crippen molar-refractivity contribution in [2.75, 3.05) is 0 Å². The number of hydrogen-bond donors (Lipinski definition) is 2. The molecule has 15 heavy (non-hydrogen) atoms. The molecule has 2 N–H and O–H groups in total. The van der Waals surface area contributed by atoms with Gasteiger partial charge in [0.15, 0.2) is 0 Å². The van der Waals surface area contributed by atoms with Crippen LogP contribution in [0.2, 0.25) is 0 Å². The highest BCUT2D eigenvalue weighted by atomic mass is 35.5. The quantitative estimate of drug-likeness (QED) is 0.783. The van der Waals surface area contributed by atoms with Gasteiger partial charge in [0.25, 0.3) is 0 Å². The van der Waals surface area contributed by atoms with Gasteiger partial charge in [-0.3, -0.25) is 0 Å². The number of fused-ring (bicyclic) bond motifs is 1. The van der Waals surface area contributed by atoms with E-state index in [2.05, 4.69) is 0 Å². The number of halogens is 1. The van der Waals surface area contributed by atoms with Crippen LogP contribution in [-0.4, -0.2) is 16.2 Å². The molecule has 0 bridgehead atoms. The van der Waals surface area contributed by atoms with Crippen molar-refractivity contribution >= 4 is 29.1 Å². The molecule has 0 saturated carbocycles. The van der Waals surface area contributed by atoms with Gasteiger partial charge in [0.05, 0.1) is 5.56 Å². The number of carboxylic acid groups (broad SMARTS) is 1. The van der Waals surface area contributed by atoms with Gasteiger partial charge in [-0.2, -0.15) is 0 Å². The Morgan fingerprint density at radius 1 is 1.00 bits per heavy atom. The summed E-state index contributed by atoms with van der Waals surface area (Å²) >= 11 is 0. The number of hydrogen-bond acceptors (Lipinski definition) is 2. The second-order valence-electron chi connectivity index (χ2n) is 3.05. The largest absolute Gasteiger partial charge is 0.508 e. The van der Waals surface area contributed by atoms with Crippen LogP contribution in [0.1, 0.15) is 10.4 Å². The summed E-state index contributed by atoms with van der Waals surface area (Å²) in [5.41, 5.74) is 0.225. The van der Waals surface area contributed by atoms with Crippen LogP contribution in [0.15, 0.2) is 36.4 Å². The molecule has 2 aromatic carbocycles. The number of benzene rings is 2. The van der Waals surface area contributed by atoms with Crippen LogP contribution < -0.4 is 0 Å². The van der Waals surface area contributed by atoms with Crippen molar-refractivity contribution in [3.63, 3.8) is 0 Å². The predicted octanol–water partition coefficient (Wildman–Crippen LogP) is 2.67. The van der Waals surface area contributed by atoms with Crippen LogP contribution in [0.3, 0.4) is 0 Å². The Kier molecular flexibility index (Phi) is 3.17. The van der Waals surface area contributed by atoms with Gasteiger partial charge < -0.3 is 10.2 Å². The van der Waals surface area contributed by atoms with Crippen LogP contribution in [-0.2, 0) is 0 Å². The number of aromatic hydroxyl groups is 1. The minimum Gasteiger partial charge on any atom is -0.508 e. The zero-order chi connectivity index (χ0) is 10.1. The van der Waals surface area contributed by atoms with E-state index in [1.165, 1.54) is 6.07 Å². The van der Waals surface area contributed by atoms with Crippen molar-refractivity contribution in [2.24, 2.45) is 0 Å². The number of carbonyl (C=O) groups is 1. The van der Waals surface area contributed by atoms with Gasteiger partial charge in [0.2, 0.25) is 0 Å². The smallest absolute Gasteiger partial charge is 0.335 e. The number of aromatic carboxylic acids is 1. The molecule has 0 aromatic heterocycles. The van der Waals surface area contributed by atoms with Gasteiger partial charge >= 0.3 is 5.97 Å². The first-order valence-corrected chi connectivity index (χ1v) is 4.13. The third kappa shape index (κ3) is 2.19. The second kappa shape index (κ2) is 4.19. The Balaban J connectivity index is 0.00000112. The van der Waals surface area contributed by atoms with E-state index in [1.54, 1.807) is 30.3 Å². The minimum absolute atomic E-state index is 0. The third-order valence-corrected chi connectivity index (χ3v) is 2.07. The molecule has 0 fully saturated rings. The molecule has 2 aromatic rings. The normalized spacial score (nSPS) is 9.60. The predicted molar refractivity (Wildman–Crippen MR) is 59.8 cm³/mol. The zero-order valence-electron chi connectivity index (χ0n) is 7.68. The van der Waals surface area contributed by atoms with Gasteiger partial charge in [-0.25, -0.2) is 4.79 Å². The summed E-state index contributed by atoms with van der Waals surface area (Å²) in [6.07, 6.45) is 0. The molecule has 0 amide bonds. The highest BCUT2D eigenvalue weighted by Gasteiger charge is 2.03. The molecular formula is C11H9ClO3. The molecule has 0 unspecified atom stereocenters. The van der Waals surface area contributed by atoms with Crippen molar-refractivity contribution in [3.05, 3.63) is 42.0 Å². The number of phenolic OH excluding ortho intramolecular Hbond substituents is 1. The van der Waals surface area contributed by atoms with E-state index in [4.69, 9.17) is 5.11 Å². The molecule has 78 valence electrons. The Morgan fingerprint density at radius 3 is 2.33 bits per heavy atom. The van der Waals surface area contributed by atoms with Gasteiger partial charge in [-0.15, -0.1) is 12.4 Å². The molecule has 0 spiro atoms. The summed E-state index contributed by atoms with van der Waals surface area (Å²) in [6, 6.07) is 9.66. The fraction of sp³-hybridized carbons (Fsp3) is 0. The maximum atomic E-state index is 10.7. The molecule has 3 nitrogen and oxygen atoms in total. The fourth-order valence-corrected chi connectivity index (χ4v) is 1.37. The van der Waals surface area contributed by atoms with Crippen molar-refractivity contribution in [3.8, 4) is 5.75 Å². The summed E-state index contributed by atoms with van der Waals surface area (Å²) in [4.78, 5) is 10.7. The lowest BCUT2D eigenvalue weighted by atomic mass is 10.1. The summed E-state index contributed by atoms with van der Waals surface area (Å²) in [6.45, 7) is 0. The first-order valence-electron chi connectivity index (χ1n) is 4.13. The maximum Gasteiger partial charge on any atom is 0.335 e. The molecule has 0 aliphatic rings. The average Bonchev–Trinajstić information content (AvgIpc) is 2.16. The van der Waals surface area contributed by atoms with E-state index in [1.807, 2.05) is 0 Å². The van der Waals surface area contributed by atoms with Crippen molar-refractivity contribution < 1.29 is 15.0 Å². The van der Waals surface area contributed by atoms with E-state index < -0.39 is 5.97 Å². The van der Waals surface area contributed by atoms with Gasteiger partial charge in [-0.05, 0) is 35.0 Å².